The lowest BCUT2D eigenvalue weighted by atomic mass is 9.90. The molecular weight excluding hydrogens is 308 g/mol. The van der Waals surface area contributed by atoms with E-state index in [9.17, 15) is 4.79 Å². The van der Waals surface area contributed by atoms with Crippen LogP contribution in [0.3, 0.4) is 0 Å². The minimum atomic E-state index is 0.342. The summed E-state index contributed by atoms with van der Waals surface area (Å²) >= 11 is 0. The van der Waals surface area contributed by atoms with Gasteiger partial charge in [-0.1, -0.05) is 36.0 Å². The van der Waals surface area contributed by atoms with Crippen molar-refractivity contribution >= 4 is 5.91 Å². The van der Waals surface area contributed by atoms with Crippen molar-refractivity contribution in [2.45, 2.75) is 64.8 Å². The van der Waals surface area contributed by atoms with Crippen molar-refractivity contribution in [3.63, 3.8) is 0 Å². The second kappa shape index (κ2) is 8.66. The molecule has 0 atom stereocenters. The van der Waals surface area contributed by atoms with E-state index in [1.807, 2.05) is 0 Å². The first-order valence-corrected chi connectivity index (χ1v) is 9.91. The molecule has 0 bridgehead atoms. The summed E-state index contributed by atoms with van der Waals surface area (Å²) in [5, 5.41) is 0. The zero-order valence-corrected chi connectivity index (χ0v) is 15.8. The number of fused-ring (bicyclic) bond motifs is 1. The summed E-state index contributed by atoms with van der Waals surface area (Å²) in [7, 11) is 0. The number of allylic oxidation sites excluding steroid dienone is 6. The standard InChI is InChI=1S/C22H32N2O/c1-3-4-7-18(2)12-15-23-16-13-20(14-17-23)24-21-9-6-5-8-19(21)10-11-22(24)25/h3-4,7-9,20H,5-6,10-17H2,1-2H3/b4-3-,18-7+. The largest absolute Gasteiger partial charge is 0.309 e. The molecule has 2 heterocycles. The number of hydrogen-bond donors (Lipinski definition) is 0. The summed E-state index contributed by atoms with van der Waals surface area (Å²) in [6.45, 7) is 7.62. The Hall–Kier alpha value is -1.61. The van der Waals surface area contributed by atoms with Crippen LogP contribution in [0.4, 0.5) is 0 Å². The molecule has 0 spiro atoms. The van der Waals surface area contributed by atoms with Gasteiger partial charge >= 0.3 is 0 Å². The first-order chi connectivity index (χ1) is 12.2. The van der Waals surface area contributed by atoms with Crippen LogP contribution in [-0.2, 0) is 4.79 Å². The maximum atomic E-state index is 12.6. The molecule has 2 saturated heterocycles. The van der Waals surface area contributed by atoms with Gasteiger partial charge in [-0.05, 0) is 57.9 Å². The van der Waals surface area contributed by atoms with E-state index in [0.29, 0.717) is 18.4 Å². The number of piperidine rings is 2. The number of hydrogen-bond acceptors (Lipinski definition) is 2. The fourth-order valence-corrected chi connectivity index (χ4v) is 4.17. The van der Waals surface area contributed by atoms with Crippen molar-refractivity contribution in [3.05, 3.63) is 47.2 Å². The highest BCUT2D eigenvalue weighted by Gasteiger charge is 2.34. The van der Waals surface area contributed by atoms with Crippen molar-refractivity contribution in [2.24, 2.45) is 0 Å². The summed E-state index contributed by atoms with van der Waals surface area (Å²) in [6, 6.07) is 0.400. The van der Waals surface area contributed by atoms with Gasteiger partial charge in [0.1, 0.15) is 0 Å². The molecule has 0 aromatic heterocycles. The molecule has 0 unspecified atom stereocenters. The molecule has 1 aliphatic carbocycles. The normalized spacial score (nSPS) is 23.7. The van der Waals surface area contributed by atoms with Crippen molar-refractivity contribution in [1.82, 2.24) is 9.80 Å². The maximum Gasteiger partial charge on any atom is 0.227 e. The lowest BCUT2D eigenvalue weighted by Gasteiger charge is -2.43. The van der Waals surface area contributed by atoms with Crippen LogP contribution in [0, 0.1) is 0 Å². The zero-order chi connectivity index (χ0) is 17.6. The minimum Gasteiger partial charge on any atom is -0.309 e. The predicted molar refractivity (Wildman–Crippen MR) is 104 cm³/mol. The Kier molecular flexibility index (Phi) is 6.30. The first kappa shape index (κ1) is 18.2. The second-order valence-electron chi connectivity index (χ2n) is 7.52. The van der Waals surface area contributed by atoms with E-state index in [0.717, 1.165) is 58.2 Å². The van der Waals surface area contributed by atoms with E-state index in [1.165, 1.54) is 16.8 Å². The molecular formula is C22H32N2O. The van der Waals surface area contributed by atoms with Gasteiger partial charge in [0.2, 0.25) is 5.91 Å². The van der Waals surface area contributed by atoms with Gasteiger partial charge in [0.15, 0.2) is 0 Å². The van der Waals surface area contributed by atoms with Crippen LogP contribution in [0.15, 0.2) is 47.2 Å². The fourth-order valence-electron chi connectivity index (χ4n) is 4.17. The molecule has 3 rings (SSSR count). The highest BCUT2D eigenvalue weighted by Crippen LogP contribution is 2.35. The maximum absolute atomic E-state index is 12.6. The second-order valence-corrected chi connectivity index (χ2v) is 7.52. The SMILES string of the molecule is C/C=C\C=C(/C)CCN1CCC(N2C(=O)CCC3=CCCC=C32)CC1. The van der Waals surface area contributed by atoms with Crippen LogP contribution >= 0.6 is 0 Å². The first-order valence-electron chi connectivity index (χ1n) is 9.91. The smallest absolute Gasteiger partial charge is 0.227 e. The van der Waals surface area contributed by atoms with E-state index >= 15 is 0 Å². The number of carbonyl (C=O) groups excluding carboxylic acids is 1. The predicted octanol–water partition coefficient (Wildman–Crippen LogP) is 4.59. The summed E-state index contributed by atoms with van der Waals surface area (Å²) in [6.07, 6.45) is 18.3. The highest BCUT2D eigenvalue weighted by molar-refractivity contribution is 5.82. The third-order valence-electron chi connectivity index (χ3n) is 5.68. The van der Waals surface area contributed by atoms with Crippen LogP contribution in [0.2, 0.25) is 0 Å². The molecule has 1 amide bonds. The Balaban J connectivity index is 1.54. The third kappa shape index (κ3) is 4.52. The van der Waals surface area contributed by atoms with E-state index in [2.05, 4.69) is 54.0 Å². The van der Waals surface area contributed by atoms with E-state index in [-0.39, 0.29) is 0 Å². The Bertz CT molecular complexity index is 604. The molecule has 3 heteroatoms. The lowest BCUT2D eigenvalue weighted by molar-refractivity contribution is -0.133. The molecule has 0 aromatic carbocycles. The molecule has 0 aromatic rings. The average molecular weight is 341 g/mol. The summed E-state index contributed by atoms with van der Waals surface area (Å²) in [4.78, 5) is 17.3. The van der Waals surface area contributed by atoms with Crippen LogP contribution in [0.1, 0.15) is 58.8 Å². The van der Waals surface area contributed by atoms with Gasteiger partial charge < -0.3 is 9.80 Å². The number of carbonyl (C=O) groups is 1. The quantitative estimate of drug-likeness (QED) is 0.683. The fraction of sp³-hybridized carbons (Fsp3) is 0.591. The monoisotopic (exact) mass is 340 g/mol. The van der Waals surface area contributed by atoms with Gasteiger partial charge in [-0.15, -0.1) is 0 Å². The van der Waals surface area contributed by atoms with Crippen molar-refractivity contribution in [1.29, 1.82) is 0 Å². The van der Waals surface area contributed by atoms with Gasteiger partial charge in [-0.3, -0.25) is 4.79 Å². The lowest BCUT2D eigenvalue weighted by Crippen LogP contribution is -2.48. The molecule has 3 aliphatic rings. The zero-order valence-electron chi connectivity index (χ0n) is 15.8. The Labute approximate surface area is 152 Å². The molecule has 2 fully saturated rings. The minimum absolute atomic E-state index is 0.342. The van der Waals surface area contributed by atoms with Crippen molar-refractivity contribution in [3.8, 4) is 0 Å². The van der Waals surface area contributed by atoms with E-state index in [4.69, 9.17) is 0 Å². The molecule has 2 aliphatic heterocycles. The molecule has 0 saturated carbocycles. The van der Waals surface area contributed by atoms with Gasteiger partial charge in [0.05, 0.1) is 0 Å². The highest BCUT2D eigenvalue weighted by atomic mass is 16.2. The van der Waals surface area contributed by atoms with Crippen molar-refractivity contribution < 1.29 is 4.79 Å². The van der Waals surface area contributed by atoms with Crippen molar-refractivity contribution in [2.75, 3.05) is 19.6 Å². The molecule has 3 nitrogen and oxygen atoms in total. The average Bonchev–Trinajstić information content (AvgIpc) is 2.65. The molecule has 25 heavy (non-hydrogen) atoms. The Morgan fingerprint density at radius 2 is 1.96 bits per heavy atom. The van der Waals surface area contributed by atoms with Gasteiger partial charge in [0, 0.05) is 37.8 Å². The third-order valence-corrected chi connectivity index (χ3v) is 5.68. The van der Waals surface area contributed by atoms with Gasteiger partial charge in [0.25, 0.3) is 0 Å². The van der Waals surface area contributed by atoms with E-state index in [1.54, 1.807) is 0 Å². The number of rotatable bonds is 5. The Morgan fingerprint density at radius 3 is 2.72 bits per heavy atom. The number of amides is 1. The van der Waals surface area contributed by atoms with Gasteiger partial charge in [-0.25, -0.2) is 0 Å². The van der Waals surface area contributed by atoms with Crippen LogP contribution in [-0.4, -0.2) is 41.4 Å². The molecule has 136 valence electrons. The number of nitrogens with zero attached hydrogens (tertiary/aromatic N) is 2. The summed E-state index contributed by atoms with van der Waals surface area (Å²) < 4.78 is 0. The Morgan fingerprint density at radius 1 is 1.20 bits per heavy atom. The summed E-state index contributed by atoms with van der Waals surface area (Å²) in [5.74, 6) is 0.342. The van der Waals surface area contributed by atoms with Crippen LogP contribution < -0.4 is 0 Å². The molecule has 0 N–H and O–H groups in total. The van der Waals surface area contributed by atoms with E-state index < -0.39 is 0 Å². The van der Waals surface area contributed by atoms with Crippen LogP contribution in [0.25, 0.3) is 0 Å². The summed E-state index contributed by atoms with van der Waals surface area (Å²) in [5.41, 5.74) is 4.10. The molecule has 0 radical (unpaired) electrons. The number of likely N-dealkylation sites (tertiary alicyclic amines) is 2. The topological polar surface area (TPSA) is 23.6 Å². The van der Waals surface area contributed by atoms with Gasteiger partial charge in [-0.2, -0.15) is 0 Å². The van der Waals surface area contributed by atoms with Crippen LogP contribution in [0.5, 0.6) is 0 Å².